The molecule has 0 amide bonds. The molecule has 3 rings (SSSR count). The smallest absolute Gasteiger partial charge is 0.233 e. The van der Waals surface area contributed by atoms with Crippen LogP contribution in [0.4, 0.5) is 0 Å². The normalized spacial score (nSPS) is 22.0. The van der Waals surface area contributed by atoms with Crippen LogP contribution in [-0.4, -0.2) is 30.6 Å². The Hall–Kier alpha value is -1.78. The third-order valence-electron chi connectivity index (χ3n) is 4.04. The van der Waals surface area contributed by atoms with E-state index in [2.05, 4.69) is 0 Å². The van der Waals surface area contributed by atoms with E-state index in [1.807, 2.05) is 32.9 Å². The van der Waals surface area contributed by atoms with Crippen LogP contribution in [0.5, 0.6) is 0 Å². The number of rotatable bonds is 1. The first kappa shape index (κ1) is 14.2. The highest BCUT2D eigenvalue weighted by molar-refractivity contribution is 6.51. The zero-order valence-electron chi connectivity index (χ0n) is 12.4. The summed E-state index contributed by atoms with van der Waals surface area (Å²) in [7, 11) is 0. The maximum absolute atomic E-state index is 12.3. The van der Waals surface area contributed by atoms with Gasteiger partial charge in [-0.25, -0.2) is 0 Å². The summed E-state index contributed by atoms with van der Waals surface area (Å²) in [5.74, 6) is -1.70. The molecule has 0 atom stereocenters. The minimum atomic E-state index is -0.632. The van der Waals surface area contributed by atoms with Gasteiger partial charge in [-0.05, 0) is 38.0 Å². The average Bonchev–Trinajstić information content (AvgIpc) is 2.44. The number of hydrogen-bond acceptors (Lipinski definition) is 4. The van der Waals surface area contributed by atoms with Gasteiger partial charge in [0.1, 0.15) is 0 Å². The molecule has 0 bridgehead atoms. The van der Waals surface area contributed by atoms with Crippen LogP contribution in [0.2, 0.25) is 0 Å². The topological polar surface area (TPSA) is 52.6 Å². The molecule has 4 nitrogen and oxygen atoms in total. The van der Waals surface area contributed by atoms with Crippen molar-refractivity contribution < 1.29 is 19.1 Å². The zero-order chi connectivity index (χ0) is 15.2. The minimum absolute atomic E-state index is 0.192. The monoisotopic (exact) mass is 286 g/mol. The average molecular weight is 286 g/mol. The summed E-state index contributed by atoms with van der Waals surface area (Å²) in [6.07, 6.45) is 1.82. The van der Waals surface area contributed by atoms with Crippen molar-refractivity contribution in [2.45, 2.75) is 26.6 Å². The molecule has 1 aliphatic heterocycles. The fourth-order valence-corrected chi connectivity index (χ4v) is 2.72. The summed E-state index contributed by atoms with van der Waals surface area (Å²) in [6.45, 7) is 6.39. The van der Waals surface area contributed by atoms with Gasteiger partial charge in [0.2, 0.25) is 11.6 Å². The molecule has 1 heterocycles. The Kier molecular flexibility index (Phi) is 3.30. The molecular formula is C17H18O4. The molecule has 0 spiro atoms. The van der Waals surface area contributed by atoms with Crippen LogP contribution in [0, 0.1) is 12.8 Å². The second-order valence-electron chi connectivity index (χ2n) is 6.01. The van der Waals surface area contributed by atoms with E-state index in [1.165, 1.54) is 0 Å². The lowest BCUT2D eigenvalue weighted by atomic mass is 9.82. The Morgan fingerprint density at radius 3 is 2.43 bits per heavy atom. The molecule has 0 aromatic heterocycles. The first-order valence-electron chi connectivity index (χ1n) is 7.07. The number of fused-ring (bicyclic) bond motifs is 1. The second kappa shape index (κ2) is 4.90. The molecule has 0 N–H and O–H groups in total. The van der Waals surface area contributed by atoms with Gasteiger partial charge in [-0.2, -0.15) is 0 Å². The maximum Gasteiger partial charge on any atom is 0.233 e. The molecule has 1 aliphatic carbocycles. The van der Waals surface area contributed by atoms with Gasteiger partial charge in [0.25, 0.3) is 0 Å². The summed E-state index contributed by atoms with van der Waals surface area (Å²) in [5.41, 5.74) is 2.81. The molecular weight excluding hydrogens is 268 g/mol. The highest BCUT2D eigenvalue weighted by Crippen LogP contribution is 2.32. The predicted octanol–water partition coefficient (Wildman–Crippen LogP) is 2.54. The fourth-order valence-electron chi connectivity index (χ4n) is 2.72. The molecule has 1 aromatic rings. The van der Waals surface area contributed by atoms with Crippen LogP contribution < -0.4 is 0 Å². The summed E-state index contributed by atoms with van der Waals surface area (Å²) in [6, 6.07) is 5.44. The third kappa shape index (κ3) is 2.45. The van der Waals surface area contributed by atoms with Gasteiger partial charge in [0.05, 0.1) is 13.2 Å². The Bertz CT molecular complexity index is 645. The lowest BCUT2D eigenvalue weighted by molar-refractivity contribution is -0.257. The molecule has 0 saturated carbocycles. The van der Waals surface area contributed by atoms with Crippen LogP contribution in [0.1, 0.15) is 35.3 Å². The van der Waals surface area contributed by atoms with Crippen molar-refractivity contribution in [3.63, 3.8) is 0 Å². The van der Waals surface area contributed by atoms with E-state index in [9.17, 15) is 9.59 Å². The Balaban J connectivity index is 1.98. The standard InChI is InChI=1S/C17H18O4/c1-10-5-4-6-12-13(10)7-14(16(19)15(12)18)11-8-20-17(2,3)21-9-11/h4-7,11H,8-9H2,1-3H3. The number of benzene rings is 1. The van der Waals surface area contributed by atoms with E-state index in [0.717, 1.165) is 11.1 Å². The van der Waals surface area contributed by atoms with Crippen molar-refractivity contribution in [3.8, 4) is 0 Å². The summed E-state index contributed by atoms with van der Waals surface area (Å²) in [5, 5.41) is 0. The first-order chi connectivity index (χ1) is 9.89. The molecule has 4 heteroatoms. The molecule has 1 saturated heterocycles. The molecule has 2 aliphatic rings. The lowest BCUT2D eigenvalue weighted by Gasteiger charge is -2.36. The Labute approximate surface area is 123 Å². The molecule has 0 radical (unpaired) electrons. The lowest BCUT2D eigenvalue weighted by Crippen LogP contribution is -2.42. The highest BCUT2D eigenvalue weighted by atomic mass is 16.7. The highest BCUT2D eigenvalue weighted by Gasteiger charge is 2.37. The van der Waals surface area contributed by atoms with Crippen LogP contribution in [0.25, 0.3) is 6.08 Å². The SMILES string of the molecule is Cc1cccc2c1C=C(C1COC(C)(C)OC1)C(=O)C2=O. The number of carbonyl (C=O) groups is 2. The van der Waals surface area contributed by atoms with Gasteiger partial charge < -0.3 is 9.47 Å². The van der Waals surface area contributed by atoms with Crippen molar-refractivity contribution in [3.05, 3.63) is 40.5 Å². The van der Waals surface area contributed by atoms with Gasteiger partial charge in [-0.15, -0.1) is 0 Å². The number of ether oxygens (including phenoxy) is 2. The first-order valence-corrected chi connectivity index (χ1v) is 7.07. The number of ketones is 2. The van der Waals surface area contributed by atoms with E-state index in [0.29, 0.717) is 24.4 Å². The zero-order valence-corrected chi connectivity index (χ0v) is 12.4. The molecule has 1 fully saturated rings. The van der Waals surface area contributed by atoms with Crippen molar-refractivity contribution in [1.82, 2.24) is 0 Å². The minimum Gasteiger partial charge on any atom is -0.350 e. The van der Waals surface area contributed by atoms with E-state index in [-0.39, 0.29) is 5.92 Å². The maximum atomic E-state index is 12.3. The third-order valence-corrected chi connectivity index (χ3v) is 4.04. The summed E-state index contributed by atoms with van der Waals surface area (Å²) < 4.78 is 11.2. The predicted molar refractivity (Wildman–Crippen MR) is 78.0 cm³/mol. The summed E-state index contributed by atoms with van der Waals surface area (Å²) in [4.78, 5) is 24.6. The van der Waals surface area contributed by atoms with E-state index in [1.54, 1.807) is 12.1 Å². The molecule has 21 heavy (non-hydrogen) atoms. The van der Waals surface area contributed by atoms with Crippen LogP contribution in [-0.2, 0) is 14.3 Å². The van der Waals surface area contributed by atoms with Crippen molar-refractivity contribution >= 4 is 17.6 Å². The second-order valence-corrected chi connectivity index (χ2v) is 6.01. The van der Waals surface area contributed by atoms with E-state index < -0.39 is 17.4 Å². The fraction of sp³-hybridized carbons (Fsp3) is 0.412. The van der Waals surface area contributed by atoms with Crippen molar-refractivity contribution in [2.24, 2.45) is 5.92 Å². The molecule has 110 valence electrons. The van der Waals surface area contributed by atoms with Gasteiger partial charge in [0, 0.05) is 17.1 Å². The number of Topliss-reactive ketones (excluding diaryl/α,β-unsaturated/α-hetero) is 2. The van der Waals surface area contributed by atoms with Gasteiger partial charge >= 0.3 is 0 Å². The quantitative estimate of drug-likeness (QED) is 0.744. The number of hydrogen-bond donors (Lipinski definition) is 0. The van der Waals surface area contributed by atoms with Crippen LogP contribution in [0.15, 0.2) is 23.8 Å². The van der Waals surface area contributed by atoms with Gasteiger partial charge in [-0.1, -0.05) is 18.2 Å². The summed E-state index contributed by atoms with van der Waals surface area (Å²) >= 11 is 0. The van der Waals surface area contributed by atoms with Crippen molar-refractivity contribution in [2.75, 3.05) is 13.2 Å². The molecule has 0 unspecified atom stereocenters. The van der Waals surface area contributed by atoms with Crippen LogP contribution >= 0.6 is 0 Å². The number of carbonyl (C=O) groups excluding carboxylic acids is 2. The van der Waals surface area contributed by atoms with E-state index in [4.69, 9.17) is 9.47 Å². The largest absolute Gasteiger partial charge is 0.350 e. The van der Waals surface area contributed by atoms with Crippen molar-refractivity contribution in [1.29, 1.82) is 0 Å². The van der Waals surface area contributed by atoms with E-state index >= 15 is 0 Å². The molecule has 1 aromatic carbocycles. The Morgan fingerprint density at radius 2 is 1.76 bits per heavy atom. The Morgan fingerprint density at radius 1 is 1.10 bits per heavy atom. The van der Waals surface area contributed by atoms with Gasteiger partial charge in [-0.3, -0.25) is 9.59 Å². The van der Waals surface area contributed by atoms with Crippen LogP contribution in [0.3, 0.4) is 0 Å². The number of aryl methyl sites for hydroxylation is 1. The van der Waals surface area contributed by atoms with Gasteiger partial charge in [0.15, 0.2) is 5.79 Å².